The maximum Gasteiger partial charge on any atom is 0.324 e. The van der Waals surface area contributed by atoms with Crippen molar-refractivity contribution in [1.82, 2.24) is 9.88 Å². The van der Waals surface area contributed by atoms with Gasteiger partial charge in [0.15, 0.2) is 15.0 Å². The second kappa shape index (κ2) is 6.44. The number of hydrogen-bond acceptors (Lipinski definition) is 6. The molecule has 0 radical (unpaired) electrons. The van der Waals surface area contributed by atoms with E-state index in [1.807, 2.05) is 0 Å². The third-order valence-electron chi connectivity index (χ3n) is 2.03. The zero-order valence-corrected chi connectivity index (χ0v) is 13.4. The highest BCUT2D eigenvalue weighted by Gasteiger charge is 2.19. The summed E-state index contributed by atoms with van der Waals surface area (Å²) in [5.74, 6) is 0. The van der Waals surface area contributed by atoms with Gasteiger partial charge < -0.3 is 9.69 Å². The SMILES string of the molecule is CC(Br)N(CC=O)C(=O)Nc1ncc(S(C)(=O)=O)s1. The summed E-state index contributed by atoms with van der Waals surface area (Å²) in [5, 5.41) is 2.60. The molecule has 1 rings (SSSR count). The van der Waals surface area contributed by atoms with Crippen LogP contribution in [0.5, 0.6) is 0 Å². The molecule has 0 spiro atoms. The van der Waals surface area contributed by atoms with Crippen LogP contribution in [0.2, 0.25) is 0 Å². The molecule has 1 unspecified atom stereocenters. The van der Waals surface area contributed by atoms with Crippen LogP contribution >= 0.6 is 27.3 Å². The van der Waals surface area contributed by atoms with Crippen LogP contribution in [-0.4, -0.2) is 48.4 Å². The minimum Gasteiger partial charge on any atom is -0.305 e. The highest BCUT2D eigenvalue weighted by atomic mass is 79.9. The minimum absolute atomic E-state index is 0.0663. The van der Waals surface area contributed by atoms with E-state index in [1.165, 1.54) is 11.1 Å². The number of sulfone groups is 1. The topological polar surface area (TPSA) is 96.4 Å². The van der Waals surface area contributed by atoms with Gasteiger partial charge in [0.2, 0.25) is 0 Å². The maximum atomic E-state index is 11.8. The van der Waals surface area contributed by atoms with Crippen LogP contribution in [0.3, 0.4) is 0 Å². The van der Waals surface area contributed by atoms with Gasteiger partial charge in [0, 0.05) is 6.26 Å². The van der Waals surface area contributed by atoms with Crippen molar-refractivity contribution in [2.45, 2.75) is 16.1 Å². The Balaban J connectivity index is 2.81. The first-order valence-corrected chi connectivity index (χ1v) is 8.69. The molecule has 1 N–H and O–H groups in total. The predicted molar refractivity (Wildman–Crippen MR) is 75.4 cm³/mol. The van der Waals surface area contributed by atoms with Crippen LogP contribution < -0.4 is 5.32 Å². The van der Waals surface area contributed by atoms with Crippen LogP contribution in [0.15, 0.2) is 10.4 Å². The summed E-state index contributed by atoms with van der Waals surface area (Å²) < 4.78 is 22.6. The van der Waals surface area contributed by atoms with Gasteiger partial charge in [-0.15, -0.1) is 0 Å². The molecular weight excluding hydrogens is 358 g/mol. The lowest BCUT2D eigenvalue weighted by molar-refractivity contribution is -0.108. The molecule has 1 heterocycles. The van der Waals surface area contributed by atoms with Crippen molar-refractivity contribution in [3.8, 4) is 0 Å². The average Bonchev–Trinajstić information content (AvgIpc) is 2.73. The summed E-state index contributed by atoms with van der Waals surface area (Å²) in [5.41, 5.74) is 0. The molecule has 0 aromatic carbocycles. The van der Waals surface area contributed by atoms with Crippen molar-refractivity contribution in [2.24, 2.45) is 0 Å². The lowest BCUT2D eigenvalue weighted by atomic mass is 10.5. The Hall–Kier alpha value is -1.00. The van der Waals surface area contributed by atoms with E-state index in [4.69, 9.17) is 0 Å². The van der Waals surface area contributed by atoms with Gasteiger partial charge in [-0.1, -0.05) is 27.3 Å². The number of aromatic nitrogens is 1. The van der Waals surface area contributed by atoms with E-state index >= 15 is 0 Å². The lowest BCUT2D eigenvalue weighted by Crippen LogP contribution is -2.39. The molecule has 0 saturated heterocycles. The fourth-order valence-corrected chi connectivity index (χ4v) is 3.10. The van der Waals surface area contributed by atoms with Crippen LogP contribution in [-0.2, 0) is 14.6 Å². The van der Waals surface area contributed by atoms with Crippen molar-refractivity contribution in [3.05, 3.63) is 6.20 Å². The number of aldehydes is 1. The first kappa shape index (κ1) is 16.1. The number of thiazole rings is 1. The van der Waals surface area contributed by atoms with E-state index in [2.05, 4.69) is 26.2 Å². The number of hydrogen-bond donors (Lipinski definition) is 1. The van der Waals surface area contributed by atoms with Crippen LogP contribution in [0.25, 0.3) is 0 Å². The second-order valence-electron chi connectivity index (χ2n) is 3.58. The Labute approximate surface area is 123 Å². The van der Waals surface area contributed by atoms with Crippen molar-refractivity contribution < 1.29 is 18.0 Å². The molecule has 7 nitrogen and oxygen atoms in total. The number of alkyl halides is 1. The number of urea groups is 1. The molecule has 0 bridgehead atoms. The van der Waals surface area contributed by atoms with Crippen molar-refractivity contribution in [1.29, 1.82) is 0 Å². The van der Waals surface area contributed by atoms with Crippen LogP contribution in [0.4, 0.5) is 9.93 Å². The van der Waals surface area contributed by atoms with Gasteiger partial charge in [-0.2, -0.15) is 0 Å². The summed E-state index contributed by atoms with van der Waals surface area (Å²) in [6, 6.07) is -0.536. The first-order valence-electron chi connectivity index (χ1n) is 5.07. The summed E-state index contributed by atoms with van der Waals surface area (Å²) in [6.07, 6.45) is 2.84. The maximum absolute atomic E-state index is 11.8. The highest BCUT2D eigenvalue weighted by molar-refractivity contribution is 9.09. The number of carbonyl (C=O) groups is 2. The summed E-state index contributed by atoms with van der Waals surface area (Å²) in [4.78, 5) is 27.0. The zero-order chi connectivity index (χ0) is 14.6. The Morgan fingerprint density at radius 3 is 2.74 bits per heavy atom. The lowest BCUT2D eigenvalue weighted by Gasteiger charge is -2.22. The van der Waals surface area contributed by atoms with Crippen LogP contribution in [0.1, 0.15) is 6.92 Å². The summed E-state index contributed by atoms with van der Waals surface area (Å²) >= 11 is 4.04. The number of nitrogens with one attached hydrogen (secondary N) is 1. The van der Waals surface area contributed by atoms with Gasteiger partial charge in [0.1, 0.15) is 10.5 Å². The van der Waals surface area contributed by atoms with E-state index in [-0.39, 0.29) is 20.8 Å². The van der Waals surface area contributed by atoms with Gasteiger partial charge in [-0.25, -0.2) is 18.2 Å². The molecule has 10 heteroatoms. The minimum atomic E-state index is -3.34. The van der Waals surface area contributed by atoms with Gasteiger partial charge in [0.05, 0.1) is 17.7 Å². The molecule has 19 heavy (non-hydrogen) atoms. The molecule has 0 aliphatic heterocycles. The predicted octanol–water partition coefficient (Wildman–Crippen LogP) is 1.32. The van der Waals surface area contributed by atoms with E-state index < -0.39 is 15.9 Å². The van der Waals surface area contributed by atoms with Crippen molar-refractivity contribution >= 4 is 54.6 Å². The quantitative estimate of drug-likeness (QED) is 0.479. The Kier molecular flexibility index (Phi) is 5.44. The van der Waals surface area contributed by atoms with Gasteiger partial charge in [-0.3, -0.25) is 5.32 Å². The largest absolute Gasteiger partial charge is 0.324 e. The van der Waals surface area contributed by atoms with Gasteiger partial charge >= 0.3 is 6.03 Å². The molecule has 1 aromatic rings. The second-order valence-corrected chi connectivity index (χ2v) is 8.18. The van der Waals surface area contributed by atoms with Crippen molar-refractivity contribution in [2.75, 3.05) is 18.1 Å². The van der Waals surface area contributed by atoms with E-state index in [0.717, 1.165) is 17.6 Å². The number of amides is 2. The molecule has 0 fully saturated rings. The zero-order valence-electron chi connectivity index (χ0n) is 10.2. The first-order chi connectivity index (χ1) is 8.75. The van der Waals surface area contributed by atoms with E-state index in [9.17, 15) is 18.0 Å². The third-order valence-corrected chi connectivity index (χ3v) is 5.22. The smallest absolute Gasteiger partial charge is 0.305 e. The molecule has 1 aromatic heterocycles. The molecule has 1 atom stereocenters. The summed E-state index contributed by atoms with van der Waals surface area (Å²) in [7, 11) is -3.34. The average molecular weight is 370 g/mol. The fraction of sp³-hybridized carbons (Fsp3) is 0.444. The molecule has 106 valence electrons. The number of anilines is 1. The van der Waals surface area contributed by atoms with Gasteiger partial charge in [-0.05, 0) is 6.92 Å². The molecule has 0 saturated carbocycles. The Morgan fingerprint density at radius 2 is 2.32 bits per heavy atom. The van der Waals surface area contributed by atoms with E-state index in [1.54, 1.807) is 6.92 Å². The normalized spacial score (nSPS) is 12.8. The van der Waals surface area contributed by atoms with E-state index in [0.29, 0.717) is 6.29 Å². The molecular formula is C9H12BrN3O4S2. The summed E-state index contributed by atoms with van der Waals surface area (Å²) in [6.45, 7) is 1.61. The monoisotopic (exact) mass is 369 g/mol. The molecule has 2 amide bonds. The number of halogens is 1. The number of rotatable bonds is 5. The van der Waals surface area contributed by atoms with Crippen molar-refractivity contribution in [3.63, 3.8) is 0 Å². The Bertz CT molecular complexity index is 570. The van der Waals surface area contributed by atoms with Gasteiger partial charge in [0.25, 0.3) is 0 Å². The third kappa shape index (κ3) is 4.55. The standard InChI is InChI=1S/C9H12BrN3O4S2/c1-6(10)13(3-4-14)9(15)12-8-11-5-7(18-8)19(2,16)17/h4-6H,3H2,1-2H3,(H,11,12,15). The van der Waals surface area contributed by atoms with Crippen LogP contribution in [0, 0.1) is 0 Å². The number of nitrogens with zero attached hydrogens (tertiary/aromatic N) is 2. The molecule has 0 aliphatic rings. The number of carbonyl (C=O) groups excluding carboxylic acids is 2. The fourth-order valence-electron chi connectivity index (χ4n) is 1.12. The Morgan fingerprint density at radius 1 is 1.68 bits per heavy atom. The highest BCUT2D eigenvalue weighted by Crippen LogP contribution is 2.23. The molecule has 0 aliphatic carbocycles.